The van der Waals surface area contributed by atoms with E-state index in [1.807, 2.05) is 6.92 Å². The van der Waals surface area contributed by atoms with Crippen LogP contribution in [0.1, 0.15) is 47.5 Å². The largest absolute Gasteiger partial charge is 0.444 e. The number of amides is 1. The number of ether oxygens (including phenoxy) is 2. The summed E-state index contributed by atoms with van der Waals surface area (Å²) in [7, 11) is 0. The van der Waals surface area contributed by atoms with Gasteiger partial charge in [0.05, 0.1) is 12.1 Å². The summed E-state index contributed by atoms with van der Waals surface area (Å²) in [5, 5.41) is 0. The third kappa shape index (κ3) is 11.0. The van der Waals surface area contributed by atoms with Crippen molar-refractivity contribution < 1.29 is 27.4 Å². The minimum absolute atomic E-state index is 0.00485. The Hall–Kier alpha value is -0.250. The second-order valence-electron chi connectivity index (χ2n) is 6.65. The molecule has 0 radical (unpaired) electrons. The Labute approximate surface area is 150 Å². The summed E-state index contributed by atoms with van der Waals surface area (Å²) in [6.45, 7) is 9.67. The zero-order valence-electron chi connectivity index (χ0n) is 14.4. The third-order valence-corrected chi connectivity index (χ3v) is 4.51. The van der Waals surface area contributed by atoms with E-state index in [4.69, 9.17) is 9.47 Å². The second kappa shape index (κ2) is 9.29. The van der Waals surface area contributed by atoms with Gasteiger partial charge in [0.2, 0.25) is 0 Å². The van der Waals surface area contributed by atoms with Crippen LogP contribution in [0.25, 0.3) is 0 Å². The molecule has 0 saturated carbocycles. The van der Waals surface area contributed by atoms with Gasteiger partial charge in [0, 0.05) is 24.0 Å². The topological polar surface area (TPSA) is 38.8 Å². The van der Waals surface area contributed by atoms with Crippen LogP contribution in [0.4, 0.5) is 18.0 Å². The average molecular weight is 453 g/mol. The zero-order chi connectivity index (χ0) is 18.3. The van der Waals surface area contributed by atoms with Crippen molar-refractivity contribution in [2.45, 2.75) is 64.8 Å². The Bertz CT molecular complexity index is 372. The SMILES string of the molecule is CCN(CC(C)(CI)OCCCC(F)(F)F)C(=O)OC(C)(C)C. The van der Waals surface area contributed by atoms with Crippen LogP contribution in [0.3, 0.4) is 0 Å². The number of likely N-dealkylation sites (N-methyl/N-ethyl adjacent to an activating group) is 1. The summed E-state index contributed by atoms with van der Waals surface area (Å²) in [5.41, 5.74) is -1.31. The van der Waals surface area contributed by atoms with E-state index in [1.54, 1.807) is 27.7 Å². The average Bonchev–Trinajstić information content (AvgIpc) is 2.38. The molecule has 0 aromatic carbocycles. The van der Waals surface area contributed by atoms with E-state index < -0.39 is 29.9 Å². The van der Waals surface area contributed by atoms with E-state index >= 15 is 0 Å². The quantitative estimate of drug-likeness (QED) is 0.301. The maximum Gasteiger partial charge on any atom is 0.410 e. The van der Waals surface area contributed by atoms with E-state index in [2.05, 4.69) is 22.6 Å². The van der Waals surface area contributed by atoms with E-state index in [1.165, 1.54) is 4.90 Å². The fourth-order valence-electron chi connectivity index (χ4n) is 1.75. The lowest BCUT2D eigenvalue weighted by Crippen LogP contribution is -2.48. The maximum absolute atomic E-state index is 12.2. The molecule has 8 heteroatoms. The summed E-state index contributed by atoms with van der Waals surface area (Å²) in [6, 6.07) is 0. The van der Waals surface area contributed by atoms with Crippen LogP contribution >= 0.6 is 22.6 Å². The summed E-state index contributed by atoms with van der Waals surface area (Å²) < 4.78 is 48.0. The number of nitrogens with zero attached hydrogens (tertiary/aromatic N) is 1. The molecule has 0 saturated heterocycles. The fraction of sp³-hybridized carbons (Fsp3) is 0.933. The molecule has 1 atom stereocenters. The number of alkyl halides is 4. The monoisotopic (exact) mass is 453 g/mol. The summed E-state index contributed by atoms with van der Waals surface area (Å²) >= 11 is 2.11. The lowest BCUT2D eigenvalue weighted by molar-refractivity contribution is -0.141. The summed E-state index contributed by atoms with van der Waals surface area (Å²) in [5.74, 6) is 0. The molecule has 0 aliphatic heterocycles. The normalized spacial score (nSPS) is 15.2. The standard InChI is InChI=1S/C15H27F3INO3/c1-6-20(12(21)23-13(2,3)4)11-14(5,10-19)22-9-7-8-15(16,17)18/h6-11H2,1-5H3. The molecule has 0 N–H and O–H groups in total. The van der Waals surface area contributed by atoms with Crippen molar-refractivity contribution in [2.24, 2.45) is 0 Å². The van der Waals surface area contributed by atoms with Crippen molar-refractivity contribution >= 4 is 28.7 Å². The first-order valence-corrected chi connectivity index (χ1v) is 9.09. The number of halogens is 4. The Balaban J connectivity index is 4.58. The molecule has 0 spiro atoms. The first kappa shape index (κ1) is 22.8. The molecule has 0 fully saturated rings. The Morgan fingerprint density at radius 2 is 1.74 bits per heavy atom. The molecule has 4 nitrogen and oxygen atoms in total. The van der Waals surface area contributed by atoms with Gasteiger partial charge >= 0.3 is 12.3 Å². The minimum Gasteiger partial charge on any atom is -0.444 e. The van der Waals surface area contributed by atoms with E-state index in [9.17, 15) is 18.0 Å². The van der Waals surface area contributed by atoms with Gasteiger partial charge in [0.15, 0.2) is 0 Å². The number of hydrogen-bond donors (Lipinski definition) is 0. The van der Waals surface area contributed by atoms with Gasteiger partial charge in [-0.25, -0.2) is 4.79 Å². The van der Waals surface area contributed by atoms with Crippen LogP contribution in [-0.4, -0.2) is 52.5 Å². The maximum atomic E-state index is 12.2. The third-order valence-electron chi connectivity index (χ3n) is 2.90. The van der Waals surface area contributed by atoms with Crippen LogP contribution in [0.15, 0.2) is 0 Å². The van der Waals surface area contributed by atoms with E-state index in [-0.39, 0.29) is 19.6 Å². The molecule has 0 aromatic heterocycles. The van der Waals surface area contributed by atoms with Crippen molar-refractivity contribution in [3.05, 3.63) is 0 Å². The van der Waals surface area contributed by atoms with Crippen molar-refractivity contribution in [1.29, 1.82) is 0 Å². The lowest BCUT2D eigenvalue weighted by Gasteiger charge is -2.35. The smallest absolute Gasteiger partial charge is 0.410 e. The summed E-state index contributed by atoms with van der Waals surface area (Å²) in [4.78, 5) is 13.6. The lowest BCUT2D eigenvalue weighted by atomic mass is 10.1. The van der Waals surface area contributed by atoms with Gasteiger partial charge in [-0.05, 0) is 41.0 Å². The van der Waals surface area contributed by atoms with Crippen molar-refractivity contribution in [2.75, 3.05) is 24.1 Å². The first-order valence-electron chi connectivity index (χ1n) is 7.56. The van der Waals surface area contributed by atoms with Crippen molar-refractivity contribution in [3.8, 4) is 0 Å². The van der Waals surface area contributed by atoms with Gasteiger partial charge in [0.1, 0.15) is 5.60 Å². The summed E-state index contributed by atoms with van der Waals surface area (Å²) in [6.07, 6.45) is -5.58. The van der Waals surface area contributed by atoms with Crippen LogP contribution in [0, 0.1) is 0 Å². The molecule has 1 amide bonds. The van der Waals surface area contributed by atoms with Gasteiger partial charge in [-0.3, -0.25) is 0 Å². The van der Waals surface area contributed by atoms with Crippen LogP contribution < -0.4 is 0 Å². The Morgan fingerprint density at radius 1 is 1.17 bits per heavy atom. The van der Waals surface area contributed by atoms with E-state index in [0.717, 1.165) is 0 Å². The fourth-order valence-corrected chi connectivity index (χ4v) is 2.21. The molecule has 0 bridgehead atoms. The second-order valence-corrected chi connectivity index (χ2v) is 7.41. The zero-order valence-corrected chi connectivity index (χ0v) is 16.6. The van der Waals surface area contributed by atoms with Crippen molar-refractivity contribution in [1.82, 2.24) is 4.90 Å². The molecular formula is C15H27F3INO3. The highest BCUT2D eigenvalue weighted by molar-refractivity contribution is 14.1. The van der Waals surface area contributed by atoms with Gasteiger partial charge in [-0.2, -0.15) is 13.2 Å². The van der Waals surface area contributed by atoms with Crippen LogP contribution in [0.2, 0.25) is 0 Å². The molecule has 0 aliphatic rings. The number of rotatable bonds is 8. The number of carbonyl (C=O) groups is 1. The van der Waals surface area contributed by atoms with Gasteiger partial charge < -0.3 is 14.4 Å². The van der Waals surface area contributed by atoms with Gasteiger partial charge in [-0.1, -0.05) is 22.6 Å². The predicted molar refractivity (Wildman–Crippen MR) is 92.0 cm³/mol. The van der Waals surface area contributed by atoms with Crippen LogP contribution in [0.5, 0.6) is 0 Å². The molecular weight excluding hydrogens is 426 g/mol. The predicted octanol–water partition coefficient (Wildman–Crippen LogP) is 4.80. The van der Waals surface area contributed by atoms with E-state index in [0.29, 0.717) is 11.0 Å². The minimum atomic E-state index is -4.17. The Morgan fingerprint density at radius 3 is 2.13 bits per heavy atom. The molecule has 1 unspecified atom stereocenters. The van der Waals surface area contributed by atoms with Crippen LogP contribution in [-0.2, 0) is 9.47 Å². The highest BCUT2D eigenvalue weighted by atomic mass is 127. The molecule has 0 rings (SSSR count). The number of hydrogen-bond acceptors (Lipinski definition) is 3. The highest BCUT2D eigenvalue weighted by Gasteiger charge is 2.32. The molecule has 138 valence electrons. The number of carbonyl (C=O) groups excluding carboxylic acids is 1. The molecule has 0 aliphatic carbocycles. The Kier molecular flexibility index (Phi) is 9.19. The molecule has 0 heterocycles. The molecule has 23 heavy (non-hydrogen) atoms. The van der Waals surface area contributed by atoms with Gasteiger partial charge in [0.25, 0.3) is 0 Å². The van der Waals surface area contributed by atoms with Gasteiger partial charge in [-0.15, -0.1) is 0 Å². The van der Waals surface area contributed by atoms with Crippen molar-refractivity contribution in [3.63, 3.8) is 0 Å². The molecule has 0 aromatic rings. The highest BCUT2D eigenvalue weighted by Crippen LogP contribution is 2.23. The first-order chi connectivity index (χ1) is 10.3.